The number of benzene rings is 2. The summed E-state index contributed by atoms with van der Waals surface area (Å²) in [7, 11) is 7.96. The largest absolute Gasteiger partial charge is 0.377 e. The maximum Gasteiger partial charge on any atom is 0.254 e. The van der Waals surface area contributed by atoms with Crippen molar-refractivity contribution in [3.63, 3.8) is 0 Å². The summed E-state index contributed by atoms with van der Waals surface area (Å²) in [6.07, 6.45) is 0.394. The van der Waals surface area contributed by atoms with Crippen LogP contribution in [0.1, 0.15) is 29.3 Å². The number of carbonyl (C=O) groups is 2. The van der Waals surface area contributed by atoms with E-state index in [0.717, 1.165) is 17.8 Å². The Bertz CT molecular complexity index is 866. The van der Waals surface area contributed by atoms with Crippen LogP contribution in [0.4, 0.5) is 15.8 Å². The third-order valence-corrected chi connectivity index (χ3v) is 4.79. The molecule has 0 aliphatic rings. The van der Waals surface area contributed by atoms with Crippen molar-refractivity contribution in [3.8, 4) is 0 Å². The highest BCUT2D eigenvalue weighted by Gasteiger charge is 2.20. The molecule has 0 spiro atoms. The van der Waals surface area contributed by atoms with Gasteiger partial charge in [-0.25, -0.2) is 4.39 Å². The summed E-state index contributed by atoms with van der Waals surface area (Å²) >= 11 is 0. The Morgan fingerprint density at radius 1 is 1.07 bits per heavy atom. The predicted molar refractivity (Wildman–Crippen MR) is 119 cm³/mol. The molecule has 0 aliphatic carbocycles. The fraction of sp³-hybridized carbons (Fsp3) is 0.391. The summed E-state index contributed by atoms with van der Waals surface area (Å²) in [5, 5.41) is 2.88. The summed E-state index contributed by atoms with van der Waals surface area (Å²) in [4.78, 5) is 30.0. The van der Waals surface area contributed by atoms with Crippen molar-refractivity contribution < 1.29 is 18.9 Å². The number of quaternary nitrogens is 1. The molecule has 0 fully saturated rings. The third-order valence-electron chi connectivity index (χ3n) is 4.79. The molecule has 0 bridgehead atoms. The number of nitrogens with zero attached hydrogens (tertiary/aromatic N) is 2. The number of hydrogen-bond donors (Lipinski definition) is 2. The van der Waals surface area contributed by atoms with Crippen molar-refractivity contribution in [3.05, 3.63) is 59.4 Å². The van der Waals surface area contributed by atoms with Gasteiger partial charge in [0.25, 0.3) is 5.91 Å². The molecule has 30 heavy (non-hydrogen) atoms. The topological polar surface area (TPSA) is 57.1 Å². The average molecular weight is 416 g/mol. The molecule has 0 aromatic heterocycles. The van der Waals surface area contributed by atoms with E-state index in [4.69, 9.17) is 0 Å². The van der Waals surface area contributed by atoms with Gasteiger partial charge in [-0.05, 0) is 48.0 Å². The van der Waals surface area contributed by atoms with Crippen LogP contribution in [0.15, 0.2) is 42.5 Å². The Kier molecular flexibility index (Phi) is 8.35. The highest BCUT2D eigenvalue weighted by Crippen LogP contribution is 2.25. The van der Waals surface area contributed by atoms with Gasteiger partial charge in [-0.1, -0.05) is 6.92 Å². The summed E-state index contributed by atoms with van der Waals surface area (Å²) in [5.41, 5.74) is 3.05. The van der Waals surface area contributed by atoms with Gasteiger partial charge in [-0.2, -0.15) is 0 Å². The van der Waals surface area contributed by atoms with Crippen LogP contribution in [0.2, 0.25) is 0 Å². The third kappa shape index (κ3) is 6.56. The molecule has 2 aromatic carbocycles. The van der Waals surface area contributed by atoms with Gasteiger partial charge in [0.2, 0.25) is 5.91 Å². The lowest BCUT2D eigenvalue weighted by atomic mass is 10.1. The minimum absolute atomic E-state index is 0.0611. The van der Waals surface area contributed by atoms with Crippen LogP contribution in [-0.4, -0.2) is 58.0 Å². The van der Waals surface area contributed by atoms with E-state index in [1.54, 1.807) is 11.8 Å². The van der Waals surface area contributed by atoms with Crippen molar-refractivity contribution in [2.24, 2.45) is 0 Å². The standard InChI is InChI=1S/C23H31FN4O2/c1-6-22(29)25-20-11-12-21(27(4)5)18(15-20)16-28(14-13-26(2)3)23(30)17-7-9-19(24)10-8-17/h7-12,15H,6,13-14,16H2,1-5H3,(H,25,29)/p+1. The van der Waals surface area contributed by atoms with E-state index in [0.29, 0.717) is 30.8 Å². The second kappa shape index (κ2) is 10.7. The molecule has 2 N–H and O–H groups in total. The highest BCUT2D eigenvalue weighted by molar-refractivity contribution is 5.94. The molecule has 0 aliphatic heterocycles. The van der Waals surface area contributed by atoms with E-state index >= 15 is 0 Å². The van der Waals surface area contributed by atoms with Crippen LogP contribution < -0.4 is 15.1 Å². The van der Waals surface area contributed by atoms with E-state index in [9.17, 15) is 14.0 Å². The van der Waals surface area contributed by atoms with E-state index < -0.39 is 0 Å². The molecule has 0 heterocycles. The van der Waals surface area contributed by atoms with Gasteiger partial charge in [-0.15, -0.1) is 0 Å². The van der Waals surface area contributed by atoms with E-state index in [2.05, 4.69) is 5.32 Å². The first-order chi connectivity index (χ1) is 14.2. The van der Waals surface area contributed by atoms with Crippen LogP contribution in [-0.2, 0) is 11.3 Å². The van der Waals surface area contributed by atoms with E-state index in [-0.39, 0.29) is 17.6 Å². The molecule has 2 amide bonds. The number of amides is 2. The summed E-state index contributed by atoms with van der Waals surface area (Å²) in [5.74, 6) is -0.581. The van der Waals surface area contributed by atoms with Gasteiger partial charge in [0.05, 0.1) is 27.2 Å². The Morgan fingerprint density at radius 2 is 1.73 bits per heavy atom. The first-order valence-corrected chi connectivity index (χ1v) is 10.1. The zero-order chi connectivity index (χ0) is 22.3. The molecule has 0 unspecified atom stereocenters. The molecule has 6 nitrogen and oxygen atoms in total. The first kappa shape index (κ1) is 23.3. The highest BCUT2D eigenvalue weighted by atomic mass is 19.1. The number of hydrogen-bond acceptors (Lipinski definition) is 3. The second-order valence-corrected chi connectivity index (χ2v) is 7.83. The lowest BCUT2D eigenvalue weighted by Gasteiger charge is -2.26. The SMILES string of the molecule is CCC(=O)Nc1ccc(N(C)C)c(CN(CC[NH+](C)C)C(=O)c2ccc(F)cc2)c1. The van der Waals surface area contributed by atoms with Gasteiger partial charge in [0, 0.05) is 44.0 Å². The molecule has 7 heteroatoms. The van der Waals surface area contributed by atoms with Crippen LogP contribution in [0.5, 0.6) is 0 Å². The minimum Gasteiger partial charge on any atom is -0.377 e. The Hall–Kier alpha value is -2.93. The number of halogens is 1. The van der Waals surface area contributed by atoms with Crippen molar-refractivity contribution in [2.45, 2.75) is 19.9 Å². The fourth-order valence-corrected chi connectivity index (χ4v) is 3.07. The molecule has 2 rings (SSSR count). The minimum atomic E-state index is -0.370. The number of likely N-dealkylation sites (N-methyl/N-ethyl adjacent to an activating group) is 1. The molecule has 0 radical (unpaired) electrons. The molecule has 0 saturated carbocycles. The molecule has 2 aromatic rings. The molecular formula is C23H32FN4O2+. The lowest BCUT2D eigenvalue weighted by Crippen LogP contribution is -3.06. The Labute approximate surface area is 178 Å². The van der Waals surface area contributed by atoms with Gasteiger partial charge in [0.15, 0.2) is 0 Å². The number of anilines is 2. The maximum absolute atomic E-state index is 13.3. The molecular weight excluding hydrogens is 383 g/mol. The van der Waals surface area contributed by atoms with Crippen molar-refractivity contribution in [1.82, 2.24) is 4.90 Å². The van der Waals surface area contributed by atoms with Gasteiger partial charge < -0.3 is 20.0 Å². The van der Waals surface area contributed by atoms with Gasteiger partial charge in [-0.3, -0.25) is 9.59 Å². The second-order valence-electron chi connectivity index (χ2n) is 7.83. The Balaban J connectivity index is 2.36. The molecule has 0 saturated heterocycles. The van der Waals surface area contributed by atoms with Crippen molar-refractivity contribution in [1.29, 1.82) is 0 Å². The van der Waals surface area contributed by atoms with Gasteiger partial charge >= 0.3 is 0 Å². The number of rotatable bonds is 9. The van der Waals surface area contributed by atoms with Crippen LogP contribution in [0.25, 0.3) is 0 Å². The van der Waals surface area contributed by atoms with E-state index in [1.807, 2.05) is 51.3 Å². The monoisotopic (exact) mass is 415 g/mol. The van der Waals surface area contributed by atoms with Crippen LogP contribution in [0.3, 0.4) is 0 Å². The zero-order valence-electron chi connectivity index (χ0n) is 18.5. The quantitative estimate of drug-likeness (QED) is 0.659. The van der Waals surface area contributed by atoms with Crippen molar-refractivity contribution in [2.75, 3.05) is 51.5 Å². The van der Waals surface area contributed by atoms with E-state index in [1.165, 1.54) is 29.2 Å². The summed E-state index contributed by atoms with van der Waals surface area (Å²) in [6, 6.07) is 11.3. The van der Waals surface area contributed by atoms with Crippen LogP contribution >= 0.6 is 0 Å². The number of carbonyl (C=O) groups excluding carboxylic acids is 2. The normalized spacial score (nSPS) is 10.8. The number of nitrogens with one attached hydrogen (secondary N) is 2. The first-order valence-electron chi connectivity index (χ1n) is 10.1. The predicted octanol–water partition coefficient (Wildman–Crippen LogP) is 2.03. The molecule has 0 atom stereocenters. The smallest absolute Gasteiger partial charge is 0.254 e. The molecule has 162 valence electrons. The van der Waals surface area contributed by atoms with Crippen molar-refractivity contribution >= 4 is 23.2 Å². The maximum atomic E-state index is 13.3. The zero-order valence-corrected chi connectivity index (χ0v) is 18.5. The summed E-state index contributed by atoms with van der Waals surface area (Å²) < 4.78 is 13.3. The fourth-order valence-electron chi connectivity index (χ4n) is 3.07. The summed E-state index contributed by atoms with van der Waals surface area (Å²) in [6.45, 7) is 3.51. The van der Waals surface area contributed by atoms with Gasteiger partial charge in [0.1, 0.15) is 5.82 Å². The van der Waals surface area contributed by atoms with Crippen LogP contribution in [0, 0.1) is 5.82 Å². The Morgan fingerprint density at radius 3 is 2.30 bits per heavy atom. The lowest BCUT2D eigenvalue weighted by molar-refractivity contribution is -0.857. The average Bonchev–Trinajstić information content (AvgIpc) is 2.70.